The second-order valence-corrected chi connectivity index (χ2v) is 8.86. The van der Waals surface area contributed by atoms with Crippen molar-refractivity contribution < 1.29 is 14.0 Å². The maximum atomic E-state index is 6.29. The number of hydrogen-bond acceptors (Lipinski definition) is 5. The molecule has 0 fully saturated rings. The summed E-state index contributed by atoms with van der Waals surface area (Å²) >= 11 is 0. The minimum absolute atomic E-state index is 0.160. The van der Waals surface area contributed by atoms with E-state index in [2.05, 4.69) is 34.9 Å². The summed E-state index contributed by atoms with van der Waals surface area (Å²) in [5.41, 5.74) is 5.38. The first kappa shape index (κ1) is 27.5. The maximum Gasteiger partial charge on any atom is 0.333 e. The van der Waals surface area contributed by atoms with Crippen molar-refractivity contribution in [2.24, 2.45) is 0 Å². The molecular weight excluding hydrogens is 470 g/mol. The lowest BCUT2D eigenvalue weighted by atomic mass is 9.82. The van der Waals surface area contributed by atoms with Gasteiger partial charge >= 0.3 is 15.0 Å². The molecule has 2 radical (unpaired) electrons. The highest BCUT2D eigenvalue weighted by molar-refractivity contribution is 6.47. The SMILES string of the molecule is CC(Nc1ccccc1)O[B]c1ccccc1CCOC([B]OCCNc1ccccc1)c1ccccc1. The summed E-state index contributed by atoms with van der Waals surface area (Å²) in [6.07, 6.45) is 0.593. The first-order chi connectivity index (χ1) is 18.8. The number of ether oxygens (including phenoxy) is 1. The van der Waals surface area contributed by atoms with Gasteiger partial charge in [-0.3, -0.25) is 0 Å². The van der Waals surface area contributed by atoms with Crippen LogP contribution in [0.4, 0.5) is 11.4 Å². The van der Waals surface area contributed by atoms with Gasteiger partial charge in [0.25, 0.3) is 0 Å². The van der Waals surface area contributed by atoms with E-state index >= 15 is 0 Å². The van der Waals surface area contributed by atoms with E-state index in [4.69, 9.17) is 14.0 Å². The zero-order valence-corrected chi connectivity index (χ0v) is 21.8. The quantitative estimate of drug-likeness (QED) is 0.121. The van der Waals surface area contributed by atoms with Crippen molar-refractivity contribution in [3.8, 4) is 0 Å². The van der Waals surface area contributed by atoms with Gasteiger partial charge in [-0.25, -0.2) is 0 Å². The Morgan fingerprint density at radius 3 is 2.08 bits per heavy atom. The smallest absolute Gasteiger partial charge is 0.333 e. The molecule has 2 N–H and O–H groups in total. The molecule has 0 heterocycles. The minimum atomic E-state index is -0.254. The molecule has 7 heteroatoms. The molecule has 4 rings (SSSR count). The van der Waals surface area contributed by atoms with Crippen molar-refractivity contribution in [3.63, 3.8) is 0 Å². The van der Waals surface area contributed by atoms with Crippen LogP contribution in [0.2, 0.25) is 0 Å². The largest absolute Gasteiger partial charge is 0.435 e. The Balaban J connectivity index is 1.25. The fourth-order valence-electron chi connectivity index (χ4n) is 3.97. The Morgan fingerprint density at radius 1 is 0.711 bits per heavy atom. The van der Waals surface area contributed by atoms with Crippen molar-refractivity contribution in [1.82, 2.24) is 0 Å². The van der Waals surface area contributed by atoms with Gasteiger partial charge in [0.1, 0.15) is 6.23 Å². The van der Waals surface area contributed by atoms with Gasteiger partial charge in [-0.1, -0.05) is 96.5 Å². The number of para-hydroxylation sites is 2. The van der Waals surface area contributed by atoms with Crippen LogP contribution < -0.4 is 16.1 Å². The predicted octanol–water partition coefficient (Wildman–Crippen LogP) is 5.41. The molecule has 0 spiro atoms. The minimum Gasteiger partial charge on any atom is -0.435 e. The topological polar surface area (TPSA) is 51.8 Å². The lowest BCUT2D eigenvalue weighted by Gasteiger charge is -2.19. The Bertz CT molecular complexity index is 1180. The number of anilines is 2. The van der Waals surface area contributed by atoms with Crippen molar-refractivity contribution in [2.75, 3.05) is 30.4 Å². The molecule has 0 aromatic heterocycles. The second-order valence-electron chi connectivity index (χ2n) is 8.86. The van der Waals surface area contributed by atoms with E-state index in [1.165, 1.54) is 5.56 Å². The molecule has 0 saturated heterocycles. The van der Waals surface area contributed by atoms with E-state index in [9.17, 15) is 0 Å². The second kappa shape index (κ2) is 15.7. The molecule has 0 aliphatic rings. The maximum absolute atomic E-state index is 6.29. The van der Waals surface area contributed by atoms with Gasteiger partial charge in [-0.05, 0) is 48.7 Å². The molecular formula is C31H34B2N2O3. The molecule has 4 aromatic carbocycles. The standard InChI is InChI=1S/C31H34B2N2O3/c1-25(35-29-18-9-4-10-19-29)38-32-30-20-12-11-13-26(30)21-23-36-31(27-14-5-2-6-15-27)33-37-24-22-34-28-16-7-3-8-17-28/h2-20,25,31,34-35H,21-24H2,1H3. The average Bonchev–Trinajstić information content (AvgIpc) is 2.97. The molecule has 192 valence electrons. The van der Waals surface area contributed by atoms with Crippen LogP contribution in [0.1, 0.15) is 24.1 Å². The van der Waals surface area contributed by atoms with Crippen molar-refractivity contribution in [2.45, 2.75) is 25.6 Å². The first-order valence-electron chi connectivity index (χ1n) is 13.1. The molecule has 0 aliphatic carbocycles. The molecule has 2 atom stereocenters. The Kier molecular flexibility index (Phi) is 11.4. The molecule has 4 aromatic rings. The van der Waals surface area contributed by atoms with E-state index in [0.717, 1.165) is 28.8 Å². The fourth-order valence-corrected chi connectivity index (χ4v) is 3.97. The average molecular weight is 504 g/mol. The normalized spacial score (nSPS) is 12.3. The third-order valence-electron chi connectivity index (χ3n) is 5.94. The van der Waals surface area contributed by atoms with Gasteiger partial charge in [0, 0.05) is 24.5 Å². The van der Waals surface area contributed by atoms with Gasteiger partial charge in [0.2, 0.25) is 0 Å². The van der Waals surface area contributed by atoms with Crippen molar-refractivity contribution in [3.05, 3.63) is 126 Å². The van der Waals surface area contributed by atoms with Gasteiger partial charge in [0.05, 0.1) is 12.6 Å². The van der Waals surface area contributed by atoms with Crippen molar-refractivity contribution >= 4 is 31.8 Å². The number of benzene rings is 4. The summed E-state index contributed by atoms with van der Waals surface area (Å²) < 4.78 is 18.1. The van der Waals surface area contributed by atoms with Crippen molar-refractivity contribution in [1.29, 1.82) is 0 Å². The third-order valence-corrected chi connectivity index (χ3v) is 5.94. The number of nitrogens with one attached hydrogen (secondary N) is 2. The monoisotopic (exact) mass is 504 g/mol. The summed E-state index contributed by atoms with van der Waals surface area (Å²) in [7, 11) is 3.61. The zero-order valence-electron chi connectivity index (χ0n) is 21.8. The Hall–Kier alpha value is -3.51. The van der Waals surface area contributed by atoms with Crippen LogP contribution in [0.25, 0.3) is 0 Å². The number of hydrogen-bond donors (Lipinski definition) is 2. The van der Waals surface area contributed by atoms with Crippen LogP contribution in [-0.4, -0.2) is 41.0 Å². The van der Waals surface area contributed by atoms with Gasteiger partial charge < -0.3 is 24.7 Å². The molecule has 5 nitrogen and oxygen atoms in total. The summed E-state index contributed by atoms with van der Waals surface area (Å²) in [4.78, 5) is 0. The lowest BCUT2D eigenvalue weighted by Crippen LogP contribution is -2.30. The molecule has 0 saturated carbocycles. The zero-order chi connectivity index (χ0) is 26.3. The van der Waals surface area contributed by atoms with Crippen LogP contribution in [-0.2, 0) is 20.5 Å². The first-order valence-corrected chi connectivity index (χ1v) is 13.1. The van der Waals surface area contributed by atoms with Crippen LogP contribution >= 0.6 is 0 Å². The molecule has 0 amide bonds. The van der Waals surface area contributed by atoms with Gasteiger partial charge in [-0.15, -0.1) is 0 Å². The highest BCUT2D eigenvalue weighted by atomic mass is 16.5. The summed E-state index contributed by atoms with van der Waals surface area (Å²) in [6.45, 7) is 3.80. The van der Waals surface area contributed by atoms with E-state index in [1.807, 2.05) is 105 Å². The summed E-state index contributed by atoms with van der Waals surface area (Å²) in [6, 6.07) is 38.3. The fraction of sp³-hybridized carbons (Fsp3) is 0.226. The van der Waals surface area contributed by atoms with Gasteiger partial charge in [0.15, 0.2) is 0 Å². The molecule has 2 unspecified atom stereocenters. The van der Waals surface area contributed by atoms with Crippen LogP contribution in [0.5, 0.6) is 0 Å². The van der Waals surface area contributed by atoms with E-state index < -0.39 is 0 Å². The number of rotatable bonds is 16. The van der Waals surface area contributed by atoms with Gasteiger partial charge in [-0.2, -0.15) is 0 Å². The third kappa shape index (κ3) is 9.42. The van der Waals surface area contributed by atoms with Crippen LogP contribution in [0.3, 0.4) is 0 Å². The molecule has 0 bridgehead atoms. The lowest BCUT2D eigenvalue weighted by molar-refractivity contribution is 0.0956. The van der Waals surface area contributed by atoms with E-state index in [0.29, 0.717) is 19.8 Å². The Labute approximate surface area is 228 Å². The Morgan fingerprint density at radius 2 is 1.34 bits per heavy atom. The summed E-state index contributed by atoms with van der Waals surface area (Å²) in [5.74, 6) is 0. The van der Waals surface area contributed by atoms with E-state index in [-0.39, 0.29) is 12.2 Å². The molecule has 38 heavy (non-hydrogen) atoms. The summed E-state index contributed by atoms with van der Waals surface area (Å²) in [5, 5.41) is 6.70. The predicted molar refractivity (Wildman–Crippen MR) is 158 cm³/mol. The van der Waals surface area contributed by atoms with Crippen LogP contribution in [0.15, 0.2) is 115 Å². The highest BCUT2D eigenvalue weighted by Crippen LogP contribution is 2.17. The highest BCUT2D eigenvalue weighted by Gasteiger charge is 2.16. The molecule has 0 aliphatic heterocycles. The van der Waals surface area contributed by atoms with E-state index in [1.54, 1.807) is 7.48 Å². The van der Waals surface area contributed by atoms with Crippen LogP contribution in [0, 0.1) is 0 Å².